The van der Waals surface area contributed by atoms with Gasteiger partial charge in [0, 0.05) is 12.1 Å². The molecule has 0 aliphatic carbocycles. The van der Waals surface area contributed by atoms with Crippen molar-refractivity contribution in [1.29, 1.82) is 0 Å². The Kier molecular flexibility index (Phi) is 7.49. The minimum absolute atomic E-state index is 0.0990. The fraction of sp³-hybridized carbons (Fsp3) is 0.250. The molecule has 2 N–H and O–H groups in total. The van der Waals surface area contributed by atoms with Crippen molar-refractivity contribution in [3.8, 4) is 0 Å². The smallest absolute Gasteiger partial charge is 0.306 e. The quantitative estimate of drug-likeness (QED) is 0.698. The number of amides is 2. The van der Waals surface area contributed by atoms with E-state index in [1.807, 2.05) is 37.3 Å². The monoisotopic (exact) mass is 372 g/mol. The molecule has 7 heteroatoms. The summed E-state index contributed by atoms with van der Waals surface area (Å²) in [5, 5.41) is 5.27. The third-order valence-electron chi connectivity index (χ3n) is 3.73. The first-order valence-electron chi connectivity index (χ1n) is 8.49. The fourth-order valence-corrected chi connectivity index (χ4v) is 2.30. The molecule has 0 spiro atoms. The Balaban J connectivity index is 1.65. The second-order valence-corrected chi connectivity index (χ2v) is 5.92. The van der Waals surface area contributed by atoms with Crippen LogP contribution in [0.25, 0.3) is 0 Å². The second kappa shape index (κ2) is 10.1. The van der Waals surface area contributed by atoms with Crippen LogP contribution in [0.2, 0.25) is 0 Å². The van der Waals surface area contributed by atoms with E-state index >= 15 is 0 Å². The summed E-state index contributed by atoms with van der Waals surface area (Å²) < 4.78 is 17.7. The molecule has 0 aliphatic rings. The Labute approximate surface area is 156 Å². The summed E-state index contributed by atoms with van der Waals surface area (Å²) in [4.78, 5) is 35.3. The normalized spacial score (nSPS) is 11.3. The van der Waals surface area contributed by atoms with E-state index in [0.29, 0.717) is 5.69 Å². The largest absolute Gasteiger partial charge is 0.456 e. The van der Waals surface area contributed by atoms with Crippen LogP contribution >= 0.6 is 0 Å². The van der Waals surface area contributed by atoms with E-state index in [9.17, 15) is 18.8 Å². The van der Waals surface area contributed by atoms with Crippen LogP contribution in [-0.2, 0) is 19.1 Å². The van der Waals surface area contributed by atoms with Crippen LogP contribution in [0.4, 0.5) is 10.1 Å². The first kappa shape index (κ1) is 20.1. The number of hydrogen-bond acceptors (Lipinski definition) is 4. The van der Waals surface area contributed by atoms with E-state index in [0.717, 1.165) is 5.56 Å². The lowest BCUT2D eigenvalue weighted by Crippen LogP contribution is -2.31. The number of halogens is 1. The lowest BCUT2D eigenvalue weighted by atomic mass is 10.1. The Hall–Kier alpha value is -3.22. The third-order valence-corrected chi connectivity index (χ3v) is 3.73. The van der Waals surface area contributed by atoms with Gasteiger partial charge in [0.1, 0.15) is 5.82 Å². The molecule has 0 aromatic heterocycles. The molecular weight excluding hydrogens is 351 g/mol. The summed E-state index contributed by atoms with van der Waals surface area (Å²) >= 11 is 0. The number of benzene rings is 2. The van der Waals surface area contributed by atoms with Crippen LogP contribution in [-0.4, -0.2) is 24.4 Å². The Morgan fingerprint density at radius 1 is 0.963 bits per heavy atom. The predicted octanol–water partition coefficient (Wildman–Crippen LogP) is 2.97. The number of carbonyl (C=O) groups excluding carboxylic acids is 3. The van der Waals surface area contributed by atoms with Crippen LogP contribution in [0, 0.1) is 5.82 Å². The van der Waals surface area contributed by atoms with Gasteiger partial charge < -0.3 is 15.4 Å². The third kappa shape index (κ3) is 7.27. The molecule has 6 nitrogen and oxygen atoms in total. The molecular formula is C20H21FN2O4. The average molecular weight is 372 g/mol. The average Bonchev–Trinajstić information content (AvgIpc) is 2.67. The van der Waals surface area contributed by atoms with Crippen molar-refractivity contribution in [2.45, 2.75) is 25.8 Å². The number of hydrogen-bond donors (Lipinski definition) is 2. The molecule has 0 saturated heterocycles. The zero-order valence-corrected chi connectivity index (χ0v) is 14.9. The van der Waals surface area contributed by atoms with Crippen molar-refractivity contribution in [3.05, 3.63) is 66.0 Å². The van der Waals surface area contributed by atoms with Gasteiger partial charge in [-0.3, -0.25) is 14.4 Å². The highest BCUT2D eigenvalue weighted by Crippen LogP contribution is 2.11. The highest BCUT2D eigenvalue weighted by Gasteiger charge is 2.13. The molecule has 1 atom stereocenters. The maximum atomic E-state index is 12.8. The van der Waals surface area contributed by atoms with E-state index in [1.54, 1.807) is 0 Å². The molecule has 2 aromatic carbocycles. The highest BCUT2D eigenvalue weighted by atomic mass is 19.1. The summed E-state index contributed by atoms with van der Waals surface area (Å²) in [5.41, 5.74) is 1.37. The lowest BCUT2D eigenvalue weighted by molar-refractivity contribution is -0.149. The van der Waals surface area contributed by atoms with Gasteiger partial charge in [-0.25, -0.2) is 4.39 Å². The van der Waals surface area contributed by atoms with Crippen molar-refractivity contribution in [2.24, 2.45) is 0 Å². The molecule has 0 heterocycles. The van der Waals surface area contributed by atoms with Crippen molar-refractivity contribution in [1.82, 2.24) is 5.32 Å². The van der Waals surface area contributed by atoms with Crippen molar-refractivity contribution in [2.75, 3.05) is 11.9 Å². The zero-order valence-electron chi connectivity index (χ0n) is 14.9. The van der Waals surface area contributed by atoms with Gasteiger partial charge in [0.05, 0.1) is 12.5 Å². The van der Waals surface area contributed by atoms with Crippen LogP contribution in [0.1, 0.15) is 31.4 Å². The maximum absolute atomic E-state index is 12.8. The molecule has 2 aromatic rings. The van der Waals surface area contributed by atoms with E-state index < -0.39 is 30.2 Å². The van der Waals surface area contributed by atoms with E-state index in [-0.39, 0.29) is 18.9 Å². The molecule has 0 fully saturated rings. The molecule has 2 amide bonds. The molecule has 142 valence electrons. The number of nitrogens with one attached hydrogen (secondary N) is 2. The van der Waals surface area contributed by atoms with Gasteiger partial charge in [-0.2, -0.15) is 0 Å². The second-order valence-electron chi connectivity index (χ2n) is 5.92. The van der Waals surface area contributed by atoms with Crippen molar-refractivity contribution in [3.63, 3.8) is 0 Å². The van der Waals surface area contributed by atoms with Gasteiger partial charge >= 0.3 is 5.97 Å². The van der Waals surface area contributed by atoms with Crippen molar-refractivity contribution >= 4 is 23.5 Å². The van der Waals surface area contributed by atoms with Crippen LogP contribution in [0.15, 0.2) is 54.6 Å². The standard InChI is InChI=1S/C20H21FN2O4/c1-14(15-5-3-2-4-6-15)22-19(25)13-27-20(26)12-11-18(24)23-17-9-7-16(21)8-10-17/h2-10,14H,11-13H2,1H3,(H,22,25)(H,23,24)/t14-/m0/s1. The Morgan fingerprint density at radius 3 is 2.30 bits per heavy atom. The van der Waals surface area contributed by atoms with Gasteiger partial charge in [-0.15, -0.1) is 0 Å². The first-order chi connectivity index (χ1) is 12.9. The number of esters is 1. The number of rotatable bonds is 8. The summed E-state index contributed by atoms with van der Waals surface area (Å²) in [6.45, 7) is 1.42. The number of anilines is 1. The lowest BCUT2D eigenvalue weighted by Gasteiger charge is -2.14. The molecule has 2 rings (SSSR count). The minimum atomic E-state index is -0.647. The van der Waals surface area contributed by atoms with E-state index in [4.69, 9.17) is 4.74 Å². The molecule has 27 heavy (non-hydrogen) atoms. The molecule has 0 bridgehead atoms. The molecule has 0 aliphatic heterocycles. The van der Waals surface area contributed by atoms with Gasteiger partial charge in [-0.05, 0) is 36.8 Å². The number of ether oxygens (including phenoxy) is 1. The van der Waals surface area contributed by atoms with Gasteiger partial charge in [0.2, 0.25) is 5.91 Å². The van der Waals surface area contributed by atoms with Crippen molar-refractivity contribution < 1.29 is 23.5 Å². The highest BCUT2D eigenvalue weighted by molar-refractivity contribution is 5.92. The van der Waals surface area contributed by atoms with E-state index in [1.165, 1.54) is 24.3 Å². The van der Waals surface area contributed by atoms with Crippen LogP contribution < -0.4 is 10.6 Å². The zero-order chi connectivity index (χ0) is 19.6. The number of carbonyl (C=O) groups is 3. The topological polar surface area (TPSA) is 84.5 Å². The Bertz CT molecular complexity index is 778. The SMILES string of the molecule is C[C@H](NC(=O)COC(=O)CCC(=O)Nc1ccc(F)cc1)c1ccccc1. The summed E-state index contributed by atoms with van der Waals surface area (Å²) in [6, 6.07) is 14.5. The molecule has 0 saturated carbocycles. The van der Waals surface area contributed by atoms with Crippen LogP contribution in [0.3, 0.4) is 0 Å². The maximum Gasteiger partial charge on any atom is 0.306 e. The van der Waals surface area contributed by atoms with Crippen LogP contribution in [0.5, 0.6) is 0 Å². The summed E-state index contributed by atoms with van der Waals surface area (Å²) in [6.07, 6.45) is -0.257. The molecule has 0 unspecified atom stereocenters. The molecule has 0 radical (unpaired) electrons. The summed E-state index contributed by atoms with van der Waals surface area (Å²) in [7, 11) is 0. The Morgan fingerprint density at radius 2 is 1.63 bits per heavy atom. The van der Waals surface area contributed by atoms with Gasteiger partial charge in [0.25, 0.3) is 5.91 Å². The van der Waals surface area contributed by atoms with Gasteiger partial charge in [-0.1, -0.05) is 30.3 Å². The predicted molar refractivity (Wildman–Crippen MR) is 98.2 cm³/mol. The fourth-order valence-electron chi connectivity index (χ4n) is 2.30. The van der Waals surface area contributed by atoms with Gasteiger partial charge in [0.15, 0.2) is 6.61 Å². The van der Waals surface area contributed by atoms with E-state index in [2.05, 4.69) is 10.6 Å². The minimum Gasteiger partial charge on any atom is -0.456 e. The summed E-state index contributed by atoms with van der Waals surface area (Å²) in [5.74, 6) is -1.88. The first-order valence-corrected chi connectivity index (χ1v) is 8.49.